The first-order chi connectivity index (χ1) is 24.3. The van der Waals surface area contributed by atoms with Crippen molar-refractivity contribution < 1.29 is 4.42 Å². The number of furan rings is 1. The molecular weight excluding hydrogens is 597 g/mol. The van der Waals surface area contributed by atoms with Crippen LogP contribution in [0.5, 0.6) is 0 Å². The number of nitrogens with zero attached hydrogens (tertiary/aromatic N) is 2. The Morgan fingerprint density at radius 1 is 0.347 bits per heavy atom. The predicted molar refractivity (Wildman–Crippen MR) is 204 cm³/mol. The van der Waals surface area contributed by atoms with Gasteiger partial charge < -0.3 is 4.42 Å². The second kappa shape index (κ2) is 11.0. The Bertz CT molecular complexity index is 2830. The highest BCUT2D eigenvalue weighted by atomic mass is 16.3. The van der Waals surface area contributed by atoms with Crippen LogP contribution >= 0.6 is 0 Å². The molecule has 0 radical (unpaired) electrons. The van der Waals surface area contributed by atoms with Crippen LogP contribution in [0.3, 0.4) is 0 Å². The molecule has 0 aliphatic carbocycles. The number of fused-ring (bicyclic) bond motifs is 9. The summed E-state index contributed by atoms with van der Waals surface area (Å²) in [6.07, 6.45) is 1.90. The molecule has 10 aromatic rings. The van der Waals surface area contributed by atoms with E-state index in [1.807, 2.05) is 18.3 Å². The molecule has 49 heavy (non-hydrogen) atoms. The van der Waals surface area contributed by atoms with Crippen LogP contribution in [0.2, 0.25) is 0 Å². The first-order valence-electron chi connectivity index (χ1n) is 16.6. The largest absolute Gasteiger partial charge is 0.455 e. The molecule has 0 N–H and O–H groups in total. The molecule has 2 heterocycles. The van der Waals surface area contributed by atoms with Crippen LogP contribution in [0.25, 0.3) is 99.2 Å². The van der Waals surface area contributed by atoms with E-state index in [1.54, 1.807) is 0 Å². The summed E-state index contributed by atoms with van der Waals surface area (Å²) in [6.45, 7) is 0. The summed E-state index contributed by atoms with van der Waals surface area (Å²) in [4.78, 5) is 10.1. The van der Waals surface area contributed by atoms with Gasteiger partial charge in [-0.15, -0.1) is 0 Å². The minimum atomic E-state index is 0.867. The molecule has 0 spiro atoms. The van der Waals surface area contributed by atoms with Crippen LogP contribution in [0.15, 0.2) is 174 Å². The second-order valence-corrected chi connectivity index (χ2v) is 12.5. The maximum Gasteiger partial charge on any atom is 0.143 e. The van der Waals surface area contributed by atoms with Crippen LogP contribution in [0.4, 0.5) is 0 Å². The quantitative estimate of drug-likeness (QED) is 0.183. The van der Waals surface area contributed by atoms with E-state index >= 15 is 0 Å². The fraction of sp³-hybridized carbons (Fsp3) is 0. The summed E-state index contributed by atoms with van der Waals surface area (Å²) in [7, 11) is 0. The van der Waals surface area contributed by atoms with E-state index in [9.17, 15) is 0 Å². The Morgan fingerprint density at radius 3 is 1.57 bits per heavy atom. The maximum atomic E-state index is 6.40. The average Bonchev–Trinajstić information content (AvgIpc) is 3.57. The molecule has 0 saturated heterocycles. The molecule has 0 aliphatic heterocycles. The number of aromatic nitrogens is 2. The zero-order valence-corrected chi connectivity index (χ0v) is 26.5. The molecule has 0 amide bonds. The summed E-state index contributed by atoms with van der Waals surface area (Å²) in [5.74, 6) is 0. The van der Waals surface area contributed by atoms with Crippen LogP contribution in [0, 0.1) is 0 Å². The van der Waals surface area contributed by atoms with Gasteiger partial charge in [-0.05, 0) is 44.7 Å². The van der Waals surface area contributed by atoms with Gasteiger partial charge in [-0.25, -0.2) is 4.98 Å². The third-order valence-corrected chi connectivity index (χ3v) is 9.76. The smallest absolute Gasteiger partial charge is 0.143 e. The molecule has 0 fully saturated rings. The topological polar surface area (TPSA) is 38.9 Å². The number of hydrogen-bond acceptors (Lipinski definition) is 3. The lowest BCUT2D eigenvalue weighted by Crippen LogP contribution is -1.92. The van der Waals surface area contributed by atoms with Crippen molar-refractivity contribution >= 4 is 54.5 Å². The lowest BCUT2D eigenvalue weighted by Gasteiger charge is -2.12. The Labute approximate surface area is 282 Å². The molecule has 3 nitrogen and oxygen atoms in total. The summed E-state index contributed by atoms with van der Waals surface area (Å²) in [5.41, 5.74) is 12.5. The van der Waals surface area contributed by atoms with Gasteiger partial charge in [0.15, 0.2) is 0 Å². The molecule has 8 aromatic carbocycles. The third kappa shape index (κ3) is 4.44. The van der Waals surface area contributed by atoms with E-state index in [0.717, 1.165) is 82.8 Å². The third-order valence-electron chi connectivity index (χ3n) is 9.76. The maximum absolute atomic E-state index is 6.40. The molecular formula is C46H28N2O. The van der Waals surface area contributed by atoms with Crippen LogP contribution < -0.4 is 0 Å². The Balaban J connectivity index is 0.989. The van der Waals surface area contributed by atoms with Gasteiger partial charge in [0.05, 0.1) is 22.9 Å². The Hall–Kier alpha value is -6.58. The van der Waals surface area contributed by atoms with Gasteiger partial charge in [-0.2, -0.15) is 0 Å². The lowest BCUT2D eigenvalue weighted by molar-refractivity contribution is 0.670. The van der Waals surface area contributed by atoms with Gasteiger partial charge in [0.2, 0.25) is 0 Å². The van der Waals surface area contributed by atoms with E-state index in [0.29, 0.717) is 0 Å². The molecule has 0 saturated carbocycles. The lowest BCUT2D eigenvalue weighted by atomic mass is 9.92. The molecule has 3 heteroatoms. The highest BCUT2D eigenvalue weighted by Gasteiger charge is 2.16. The first-order valence-corrected chi connectivity index (χ1v) is 16.6. The molecule has 0 unspecified atom stereocenters. The fourth-order valence-corrected chi connectivity index (χ4v) is 7.37. The minimum Gasteiger partial charge on any atom is -0.455 e. The van der Waals surface area contributed by atoms with Gasteiger partial charge in [0.25, 0.3) is 0 Å². The normalized spacial score (nSPS) is 11.7. The van der Waals surface area contributed by atoms with Gasteiger partial charge in [0.1, 0.15) is 11.2 Å². The molecule has 10 rings (SSSR count). The van der Waals surface area contributed by atoms with Gasteiger partial charge in [0, 0.05) is 32.7 Å². The van der Waals surface area contributed by atoms with Crippen molar-refractivity contribution in [2.45, 2.75) is 0 Å². The molecule has 2 aromatic heterocycles. The van der Waals surface area contributed by atoms with Crippen molar-refractivity contribution in [3.63, 3.8) is 0 Å². The average molecular weight is 625 g/mol. The number of benzene rings is 8. The van der Waals surface area contributed by atoms with E-state index in [4.69, 9.17) is 14.4 Å². The summed E-state index contributed by atoms with van der Waals surface area (Å²) in [6, 6.07) is 57.6. The zero-order chi connectivity index (χ0) is 32.3. The molecule has 228 valence electrons. The molecule has 0 aliphatic rings. The second-order valence-electron chi connectivity index (χ2n) is 12.5. The summed E-state index contributed by atoms with van der Waals surface area (Å²) in [5, 5.41) is 6.93. The van der Waals surface area contributed by atoms with Crippen molar-refractivity contribution in [2.75, 3.05) is 0 Å². The summed E-state index contributed by atoms with van der Waals surface area (Å²) < 4.78 is 6.40. The van der Waals surface area contributed by atoms with Crippen molar-refractivity contribution in [1.29, 1.82) is 0 Å². The van der Waals surface area contributed by atoms with Crippen LogP contribution in [-0.4, -0.2) is 9.97 Å². The van der Waals surface area contributed by atoms with Crippen molar-refractivity contribution in [2.24, 2.45) is 0 Å². The Morgan fingerprint density at radius 2 is 0.857 bits per heavy atom. The van der Waals surface area contributed by atoms with E-state index in [2.05, 4.69) is 152 Å². The first kappa shape index (κ1) is 27.5. The van der Waals surface area contributed by atoms with E-state index in [-0.39, 0.29) is 0 Å². The number of rotatable bonds is 4. The highest BCUT2D eigenvalue weighted by molar-refractivity contribution is 6.23. The standard InChI is InChI=1S/C46H28N2O/c1-2-11-34(40-17-9-18-41-37-14-7-8-19-43(37)49-46(40)41)33(10-1)31-24-20-29(21-25-31)30-22-26-32(27-23-30)42-28-47-44-38-15-5-3-12-35(38)36-13-4-6-16-39(36)45(44)48-42/h1-28H. The van der Waals surface area contributed by atoms with Gasteiger partial charge in [-0.1, -0.05) is 158 Å². The number of hydrogen-bond donors (Lipinski definition) is 0. The van der Waals surface area contributed by atoms with Crippen molar-refractivity contribution in [1.82, 2.24) is 9.97 Å². The van der Waals surface area contributed by atoms with Gasteiger partial charge in [-0.3, -0.25) is 4.98 Å². The predicted octanol–water partition coefficient (Wildman–Crippen LogP) is 12.5. The molecule has 0 bridgehead atoms. The molecule has 0 atom stereocenters. The highest BCUT2D eigenvalue weighted by Crippen LogP contribution is 2.40. The minimum absolute atomic E-state index is 0.867. The van der Waals surface area contributed by atoms with Gasteiger partial charge >= 0.3 is 0 Å². The Kier molecular flexibility index (Phi) is 6.18. The summed E-state index contributed by atoms with van der Waals surface area (Å²) >= 11 is 0. The van der Waals surface area contributed by atoms with Crippen LogP contribution in [0.1, 0.15) is 0 Å². The van der Waals surface area contributed by atoms with Crippen LogP contribution in [-0.2, 0) is 0 Å². The zero-order valence-electron chi connectivity index (χ0n) is 26.5. The monoisotopic (exact) mass is 624 g/mol. The van der Waals surface area contributed by atoms with E-state index in [1.165, 1.54) is 16.3 Å². The van der Waals surface area contributed by atoms with Crippen molar-refractivity contribution in [3.05, 3.63) is 170 Å². The van der Waals surface area contributed by atoms with E-state index < -0.39 is 0 Å². The SMILES string of the molecule is c1ccc(-c2cccc3c2oc2ccccc23)c(-c2ccc(-c3ccc(-c4cnc5c6ccccc6c6ccccc6c5n4)cc3)cc2)c1. The fourth-order valence-electron chi connectivity index (χ4n) is 7.37. The number of para-hydroxylation sites is 2. The van der Waals surface area contributed by atoms with Crippen molar-refractivity contribution in [3.8, 4) is 44.6 Å².